The second-order valence-corrected chi connectivity index (χ2v) is 16.8. The summed E-state index contributed by atoms with van der Waals surface area (Å²) in [7, 11) is 1.51. The monoisotopic (exact) mass is 763 g/mol. The maximum atomic E-state index is 13.6. The summed E-state index contributed by atoms with van der Waals surface area (Å²) in [5.41, 5.74) is 8.15. The summed E-state index contributed by atoms with van der Waals surface area (Å²) in [6, 6.07) is 10.9. The van der Waals surface area contributed by atoms with Crippen molar-refractivity contribution in [3.05, 3.63) is 60.4 Å². The number of imide groups is 1. The Hall–Kier alpha value is -5.82. The van der Waals surface area contributed by atoms with Gasteiger partial charge in [0, 0.05) is 99.5 Å². The Kier molecular flexibility index (Phi) is 8.91. The number of imidazole rings is 1. The van der Waals surface area contributed by atoms with E-state index in [0.29, 0.717) is 35.3 Å². The predicted molar refractivity (Wildman–Crippen MR) is 209 cm³/mol. The fourth-order valence-corrected chi connectivity index (χ4v) is 10.3. The summed E-state index contributed by atoms with van der Waals surface area (Å²) < 4.78 is 14.3. The number of nitrogens with one attached hydrogen (secondary N) is 2. The summed E-state index contributed by atoms with van der Waals surface area (Å²) >= 11 is 0. The number of methoxy groups -OCH3 is 1. The molecule has 4 fully saturated rings. The number of benzene rings is 1. The third kappa shape index (κ3) is 5.78. The molecule has 8 rings (SSSR count). The highest BCUT2D eigenvalue weighted by atomic mass is 16.5. The molecule has 4 aliphatic heterocycles. The molecule has 16 nitrogen and oxygen atoms in total. The van der Waals surface area contributed by atoms with Crippen molar-refractivity contribution in [2.75, 3.05) is 69.3 Å². The van der Waals surface area contributed by atoms with Crippen LogP contribution in [0.2, 0.25) is 0 Å². The van der Waals surface area contributed by atoms with Gasteiger partial charge in [-0.15, -0.1) is 0 Å². The zero-order valence-corrected chi connectivity index (χ0v) is 32.5. The number of fused-ring (bicyclic) bond motifs is 1. The van der Waals surface area contributed by atoms with Crippen LogP contribution < -0.4 is 35.7 Å². The number of nitrogens with two attached hydrogens (primary N) is 1. The number of hydrogen-bond donors (Lipinski definition) is 3. The molecule has 1 aliphatic carbocycles. The van der Waals surface area contributed by atoms with Crippen LogP contribution in [0.25, 0.3) is 5.65 Å². The highest BCUT2D eigenvalue weighted by molar-refractivity contribution is 6.05. The first-order valence-electron chi connectivity index (χ1n) is 19.1. The summed E-state index contributed by atoms with van der Waals surface area (Å²) in [5, 5.41) is 16.7. The van der Waals surface area contributed by atoms with E-state index in [0.717, 1.165) is 69.4 Å². The average molecular weight is 764 g/mol. The Balaban J connectivity index is 0.885. The van der Waals surface area contributed by atoms with E-state index in [1.54, 1.807) is 29.3 Å². The van der Waals surface area contributed by atoms with Crippen molar-refractivity contribution in [1.82, 2.24) is 29.9 Å². The first-order valence-corrected chi connectivity index (χ1v) is 19.1. The number of anilines is 2. The Morgan fingerprint density at radius 2 is 1.79 bits per heavy atom. The number of amides is 4. The van der Waals surface area contributed by atoms with E-state index in [1.807, 2.05) is 28.8 Å². The van der Waals surface area contributed by atoms with Crippen molar-refractivity contribution in [3.63, 3.8) is 0 Å². The van der Waals surface area contributed by atoms with E-state index in [-0.39, 0.29) is 12.3 Å². The van der Waals surface area contributed by atoms with Crippen molar-refractivity contribution >= 4 is 40.8 Å². The Labute approximate surface area is 325 Å². The number of nitriles is 1. The molecular formula is C40H49N11O5. The average Bonchev–Trinajstić information content (AvgIpc) is 3.57. The van der Waals surface area contributed by atoms with E-state index in [2.05, 4.69) is 70.3 Å². The van der Waals surface area contributed by atoms with E-state index in [9.17, 15) is 19.6 Å². The number of pyridine rings is 1. The van der Waals surface area contributed by atoms with Gasteiger partial charge in [-0.2, -0.15) is 10.4 Å². The van der Waals surface area contributed by atoms with Gasteiger partial charge in [0.15, 0.2) is 11.1 Å². The smallest absolute Gasteiger partial charge is 0.329 e. The van der Waals surface area contributed by atoms with Crippen molar-refractivity contribution in [2.45, 2.75) is 51.7 Å². The second kappa shape index (κ2) is 13.4. The van der Waals surface area contributed by atoms with Crippen LogP contribution in [0.4, 0.5) is 16.3 Å². The van der Waals surface area contributed by atoms with Crippen LogP contribution in [0.1, 0.15) is 46.1 Å². The molecule has 0 spiro atoms. The van der Waals surface area contributed by atoms with Gasteiger partial charge in [0.25, 0.3) is 5.91 Å². The van der Waals surface area contributed by atoms with Crippen LogP contribution >= 0.6 is 0 Å². The van der Waals surface area contributed by atoms with Crippen molar-refractivity contribution in [2.24, 2.45) is 27.6 Å². The van der Waals surface area contributed by atoms with Crippen LogP contribution in [0.3, 0.4) is 0 Å². The number of carbonyl (C=O) groups is 3. The van der Waals surface area contributed by atoms with Gasteiger partial charge in [-0.05, 0) is 36.8 Å². The van der Waals surface area contributed by atoms with Gasteiger partial charge in [-0.1, -0.05) is 27.7 Å². The Morgan fingerprint density at radius 3 is 2.41 bits per heavy atom. The van der Waals surface area contributed by atoms with E-state index in [4.69, 9.17) is 20.3 Å². The number of aromatic nitrogens is 2. The van der Waals surface area contributed by atoms with Crippen molar-refractivity contribution in [1.29, 1.82) is 5.26 Å². The van der Waals surface area contributed by atoms with E-state index < -0.39 is 33.9 Å². The molecule has 0 unspecified atom stereocenters. The molecule has 6 heterocycles. The number of amidine groups is 1. The van der Waals surface area contributed by atoms with Gasteiger partial charge < -0.3 is 25.0 Å². The number of primary amides is 1. The number of urea groups is 1. The molecule has 1 atom stereocenters. The highest BCUT2D eigenvalue weighted by Gasteiger charge is 2.78. The number of hydrogen-bond acceptors (Lipinski definition) is 12. The molecule has 0 bridgehead atoms. The third-order valence-corrected chi connectivity index (χ3v) is 12.5. The molecule has 294 valence electrons. The zero-order chi connectivity index (χ0) is 39.6. The van der Waals surface area contributed by atoms with Crippen LogP contribution in [0.5, 0.6) is 11.5 Å². The van der Waals surface area contributed by atoms with Gasteiger partial charge in [-0.3, -0.25) is 34.5 Å². The van der Waals surface area contributed by atoms with Crippen LogP contribution in [0, 0.1) is 28.1 Å². The maximum Gasteiger partial charge on any atom is 0.329 e. The van der Waals surface area contributed by atoms with Crippen molar-refractivity contribution < 1.29 is 23.9 Å². The molecule has 16 heteroatoms. The van der Waals surface area contributed by atoms with E-state index in [1.165, 1.54) is 7.11 Å². The summed E-state index contributed by atoms with van der Waals surface area (Å²) in [5.74, 6) is 1.88. The Bertz CT molecular complexity index is 2180. The third-order valence-electron chi connectivity index (χ3n) is 12.5. The van der Waals surface area contributed by atoms with Crippen LogP contribution in [-0.4, -0.2) is 113 Å². The van der Waals surface area contributed by atoms with Crippen molar-refractivity contribution in [3.8, 4) is 17.6 Å². The fourth-order valence-electron chi connectivity index (χ4n) is 10.3. The predicted octanol–water partition coefficient (Wildman–Crippen LogP) is 2.69. The zero-order valence-electron chi connectivity index (χ0n) is 32.5. The van der Waals surface area contributed by atoms with Gasteiger partial charge in [0.2, 0.25) is 5.91 Å². The molecule has 5 aliphatic rings. The molecule has 1 saturated carbocycles. The van der Waals surface area contributed by atoms with Crippen LogP contribution in [0.15, 0.2) is 60.0 Å². The highest BCUT2D eigenvalue weighted by Crippen LogP contribution is 2.68. The first-order chi connectivity index (χ1) is 26.7. The normalized spacial score (nSPS) is 24.4. The lowest BCUT2D eigenvalue weighted by atomic mass is 9.39. The van der Waals surface area contributed by atoms with Crippen LogP contribution in [-0.2, 0) is 9.59 Å². The van der Waals surface area contributed by atoms with Gasteiger partial charge in [-0.25, -0.2) is 9.78 Å². The number of likely N-dealkylation sites (tertiary alicyclic amines) is 1. The molecule has 1 aromatic carbocycles. The lowest BCUT2D eigenvalue weighted by Gasteiger charge is -2.71. The molecule has 3 aromatic rings. The molecule has 2 aromatic heterocycles. The maximum absolute atomic E-state index is 13.6. The largest absolute Gasteiger partial charge is 0.495 e. The van der Waals surface area contributed by atoms with Gasteiger partial charge in [0.1, 0.15) is 34.9 Å². The molecule has 3 saturated heterocycles. The quantitative estimate of drug-likeness (QED) is 0.291. The van der Waals surface area contributed by atoms with Gasteiger partial charge in [0.05, 0.1) is 18.9 Å². The molecule has 4 amide bonds. The first kappa shape index (κ1) is 37.1. The Morgan fingerprint density at radius 1 is 1.04 bits per heavy atom. The fraction of sp³-hybridized carbons (Fsp3) is 0.500. The van der Waals surface area contributed by atoms with Gasteiger partial charge >= 0.3 is 6.03 Å². The lowest BCUT2D eigenvalue weighted by Crippen LogP contribution is -2.85. The molecule has 0 radical (unpaired) electrons. The topological polar surface area (TPSA) is 186 Å². The summed E-state index contributed by atoms with van der Waals surface area (Å²) in [6.07, 6.45) is 8.38. The second-order valence-electron chi connectivity index (χ2n) is 16.8. The minimum Gasteiger partial charge on any atom is -0.495 e. The molecule has 56 heavy (non-hydrogen) atoms. The number of ether oxygens (including phenoxy) is 2. The summed E-state index contributed by atoms with van der Waals surface area (Å²) in [4.78, 5) is 50.8. The minimum atomic E-state index is -1.46. The van der Waals surface area contributed by atoms with E-state index >= 15 is 0 Å². The number of nitrogens with zero attached hydrogens (tertiary/aromatic N) is 8. The molecular weight excluding hydrogens is 715 g/mol. The number of hydrazone groups is 1. The molecule has 4 N–H and O–H groups in total. The standard InChI is InChI=1S/C40H49N11O5/c1-37(2)25-38(3,4)40(37,56-29-7-6-27(20-41)30(19-29)55-5)39(35(42)53)11-8-31(45-46-39)49-23-26(24-49)22-47-14-16-48(17-15-47)28-9-12-50-32(18-28)43-21-34(50)51-13-10-33(52)44-36(51)54/h6-9,11-12,18-19,21,26,46H,10,13-17,22-25H2,1-5H3,(H2,42,53)(H,44,52,54)/t39-/m0/s1. The minimum absolute atomic E-state index is 0.258. The summed E-state index contributed by atoms with van der Waals surface area (Å²) in [6.45, 7) is 15.0. The lowest BCUT2D eigenvalue weighted by molar-refractivity contribution is -0.258. The number of carbonyl (C=O) groups excluding carboxylic acids is 3. The number of rotatable bonds is 9. The SMILES string of the molecule is COc1cc(OC2([C@@]3(C(N)=O)C=CC(N4CC(CN5CCN(c6ccn7c(N8CCC(=O)NC8=O)cnc7c6)CC5)C4)=NN3)C(C)(C)CC2(C)C)ccc1C#N. The number of piperazine rings is 1.